The molecule has 100 valence electrons. The molecule has 0 spiro atoms. The van der Waals surface area contributed by atoms with E-state index in [0.29, 0.717) is 11.5 Å². The Morgan fingerprint density at radius 3 is 2.22 bits per heavy atom. The molecule has 0 heterocycles. The van der Waals surface area contributed by atoms with Gasteiger partial charge in [0, 0.05) is 11.5 Å². The van der Waals surface area contributed by atoms with Gasteiger partial charge in [-0.15, -0.1) is 0 Å². The molecule has 2 rings (SSSR count). The topological polar surface area (TPSA) is 12.0 Å². The third-order valence-electron chi connectivity index (χ3n) is 4.57. The first kappa shape index (κ1) is 13.6. The van der Waals surface area contributed by atoms with Crippen molar-refractivity contribution in [3.63, 3.8) is 0 Å². The average Bonchev–Trinajstić information content (AvgIpc) is 2.87. The van der Waals surface area contributed by atoms with E-state index in [1.54, 1.807) is 5.56 Å². The van der Waals surface area contributed by atoms with Crippen LogP contribution < -0.4 is 5.32 Å². The highest BCUT2D eigenvalue weighted by Gasteiger charge is 2.41. The van der Waals surface area contributed by atoms with Crippen molar-refractivity contribution in [3.8, 4) is 0 Å². The maximum atomic E-state index is 3.61. The summed E-state index contributed by atoms with van der Waals surface area (Å²) < 4.78 is 0. The average molecular weight is 245 g/mol. The fourth-order valence-electron chi connectivity index (χ4n) is 3.71. The van der Waals surface area contributed by atoms with Gasteiger partial charge in [0.05, 0.1) is 0 Å². The van der Waals surface area contributed by atoms with Crippen LogP contribution in [0.1, 0.15) is 51.5 Å². The van der Waals surface area contributed by atoms with Gasteiger partial charge in [0.15, 0.2) is 0 Å². The second kappa shape index (κ2) is 5.88. The predicted molar refractivity (Wildman–Crippen MR) is 78.9 cm³/mol. The molecule has 1 N–H and O–H groups in total. The van der Waals surface area contributed by atoms with Gasteiger partial charge in [0.25, 0.3) is 0 Å². The summed E-state index contributed by atoms with van der Waals surface area (Å²) in [4.78, 5) is 0. The van der Waals surface area contributed by atoms with Crippen LogP contribution in [0.25, 0.3) is 0 Å². The molecule has 1 aromatic rings. The van der Waals surface area contributed by atoms with E-state index in [0.717, 1.165) is 5.92 Å². The number of likely N-dealkylation sites (N-methyl/N-ethyl adjacent to an activating group) is 1. The monoisotopic (exact) mass is 245 g/mol. The summed E-state index contributed by atoms with van der Waals surface area (Å²) in [6.45, 7) is 4.66. The fraction of sp³-hybridized carbons (Fsp3) is 0.647. The molecule has 1 unspecified atom stereocenters. The Kier molecular flexibility index (Phi) is 4.45. The summed E-state index contributed by atoms with van der Waals surface area (Å²) >= 11 is 0. The zero-order chi connectivity index (χ0) is 13.0. The molecule has 1 nitrogen and oxygen atoms in total. The van der Waals surface area contributed by atoms with Crippen molar-refractivity contribution in [1.82, 2.24) is 5.32 Å². The van der Waals surface area contributed by atoms with Crippen molar-refractivity contribution in [2.24, 2.45) is 5.92 Å². The maximum Gasteiger partial charge on any atom is 0.0163 e. The first-order valence-electron chi connectivity index (χ1n) is 7.42. The van der Waals surface area contributed by atoms with Crippen LogP contribution in [0.3, 0.4) is 0 Å². The third kappa shape index (κ3) is 2.61. The molecule has 0 aromatic heterocycles. The van der Waals surface area contributed by atoms with Gasteiger partial charge in [-0.25, -0.2) is 0 Å². The lowest BCUT2D eigenvalue weighted by molar-refractivity contribution is 0.271. The zero-order valence-corrected chi connectivity index (χ0v) is 12.1. The van der Waals surface area contributed by atoms with Gasteiger partial charge in [-0.1, -0.05) is 57.0 Å². The van der Waals surface area contributed by atoms with Crippen LogP contribution >= 0.6 is 0 Å². The van der Waals surface area contributed by atoms with Crippen molar-refractivity contribution in [2.75, 3.05) is 7.05 Å². The molecule has 1 fully saturated rings. The van der Waals surface area contributed by atoms with Gasteiger partial charge in [0.1, 0.15) is 0 Å². The largest absolute Gasteiger partial charge is 0.316 e. The van der Waals surface area contributed by atoms with Gasteiger partial charge < -0.3 is 5.32 Å². The number of hydrogen-bond donors (Lipinski definition) is 1. The van der Waals surface area contributed by atoms with Crippen LogP contribution in [0, 0.1) is 5.92 Å². The van der Waals surface area contributed by atoms with Crippen LogP contribution in [0.5, 0.6) is 0 Å². The number of rotatable bonds is 5. The minimum Gasteiger partial charge on any atom is -0.316 e. The van der Waals surface area contributed by atoms with E-state index in [-0.39, 0.29) is 0 Å². The van der Waals surface area contributed by atoms with E-state index >= 15 is 0 Å². The van der Waals surface area contributed by atoms with E-state index in [4.69, 9.17) is 0 Å². The van der Waals surface area contributed by atoms with Gasteiger partial charge in [-0.05, 0) is 37.8 Å². The van der Waals surface area contributed by atoms with E-state index < -0.39 is 0 Å². The highest BCUT2D eigenvalue weighted by molar-refractivity contribution is 5.29. The zero-order valence-electron chi connectivity index (χ0n) is 12.1. The number of nitrogens with one attached hydrogen (secondary N) is 1. The van der Waals surface area contributed by atoms with E-state index in [1.165, 1.54) is 32.1 Å². The molecule has 1 heteroatoms. The summed E-state index contributed by atoms with van der Waals surface area (Å²) in [7, 11) is 2.13. The summed E-state index contributed by atoms with van der Waals surface area (Å²) in [5.41, 5.74) is 1.92. The predicted octanol–water partition coefficient (Wildman–Crippen LogP) is 4.13. The summed E-state index contributed by atoms with van der Waals surface area (Å²) in [6.07, 6.45) is 6.71. The second-order valence-corrected chi connectivity index (χ2v) is 6.20. The van der Waals surface area contributed by atoms with Crippen molar-refractivity contribution in [3.05, 3.63) is 35.9 Å². The highest BCUT2D eigenvalue weighted by atomic mass is 14.9. The Labute approximate surface area is 112 Å². The quantitative estimate of drug-likeness (QED) is 0.822. The van der Waals surface area contributed by atoms with Crippen molar-refractivity contribution < 1.29 is 0 Å². The van der Waals surface area contributed by atoms with Crippen LogP contribution in [-0.4, -0.2) is 13.1 Å². The minimum atomic E-state index is 0.375. The smallest absolute Gasteiger partial charge is 0.0163 e. The van der Waals surface area contributed by atoms with Crippen LogP contribution in [0.15, 0.2) is 30.3 Å². The lowest BCUT2D eigenvalue weighted by atomic mass is 9.70. The van der Waals surface area contributed by atoms with Crippen molar-refractivity contribution in [2.45, 2.75) is 57.4 Å². The van der Waals surface area contributed by atoms with Crippen LogP contribution in [0.2, 0.25) is 0 Å². The Morgan fingerprint density at radius 2 is 1.72 bits per heavy atom. The van der Waals surface area contributed by atoms with Crippen molar-refractivity contribution >= 4 is 0 Å². The maximum absolute atomic E-state index is 3.61. The Hall–Kier alpha value is -0.820. The van der Waals surface area contributed by atoms with E-state index in [2.05, 4.69) is 56.5 Å². The second-order valence-electron chi connectivity index (χ2n) is 6.20. The molecule has 1 aromatic carbocycles. The fourth-order valence-corrected chi connectivity index (χ4v) is 3.71. The van der Waals surface area contributed by atoms with Gasteiger partial charge in [0.2, 0.25) is 0 Å². The summed E-state index contributed by atoms with van der Waals surface area (Å²) in [6, 6.07) is 11.8. The Morgan fingerprint density at radius 1 is 1.11 bits per heavy atom. The Bertz CT molecular complexity index is 349. The van der Waals surface area contributed by atoms with Gasteiger partial charge in [-0.2, -0.15) is 0 Å². The number of benzene rings is 1. The first-order valence-corrected chi connectivity index (χ1v) is 7.42. The highest BCUT2D eigenvalue weighted by Crippen LogP contribution is 2.45. The molecule has 0 amide bonds. The normalized spacial score (nSPS) is 20.2. The first-order chi connectivity index (χ1) is 8.69. The minimum absolute atomic E-state index is 0.375. The lowest BCUT2D eigenvalue weighted by Crippen LogP contribution is -2.46. The third-order valence-corrected chi connectivity index (χ3v) is 4.57. The van der Waals surface area contributed by atoms with Gasteiger partial charge >= 0.3 is 0 Å². The van der Waals surface area contributed by atoms with Gasteiger partial charge in [-0.3, -0.25) is 0 Å². The summed E-state index contributed by atoms with van der Waals surface area (Å²) in [5.74, 6) is 0.753. The molecule has 18 heavy (non-hydrogen) atoms. The van der Waals surface area contributed by atoms with Crippen LogP contribution in [0.4, 0.5) is 0 Å². The molecular weight excluding hydrogens is 218 g/mol. The van der Waals surface area contributed by atoms with Crippen LogP contribution in [-0.2, 0) is 5.41 Å². The molecule has 0 radical (unpaired) electrons. The SMILES string of the molecule is CNC(CC(C)C)C1(c2ccccc2)CCCC1. The summed E-state index contributed by atoms with van der Waals surface area (Å²) in [5, 5.41) is 3.61. The molecule has 1 atom stereocenters. The molecule has 0 aliphatic heterocycles. The molecule has 1 aliphatic rings. The Balaban J connectivity index is 2.31. The molecule has 0 saturated heterocycles. The molecular formula is C17H27N. The van der Waals surface area contributed by atoms with E-state index in [9.17, 15) is 0 Å². The molecule has 1 aliphatic carbocycles. The standard InChI is InChI=1S/C17H27N/c1-14(2)13-16(18-3)17(11-7-8-12-17)15-9-5-4-6-10-15/h4-6,9-10,14,16,18H,7-8,11-13H2,1-3H3. The molecule has 1 saturated carbocycles. The number of hydrogen-bond acceptors (Lipinski definition) is 1. The van der Waals surface area contributed by atoms with E-state index in [1.807, 2.05) is 0 Å². The van der Waals surface area contributed by atoms with Crippen molar-refractivity contribution in [1.29, 1.82) is 0 Å². The molecule has 0 bridgehead atoms. The lowest BCUT2D eigenvalue weighted by Gasteiger charge is -2.39.